The minimum atomic E-state index is 0.242. The molecule has 0 rings (SSSR count). The van der Waals surface area contributed by atoms with E-state index >= 15 is 0 Å². The Labute approximate surface area is 82.2 Å². The van der Waals surface area contributed by atoms with Gasteiger partial charge < -0.3 is 10.5 Å². The SMILES string of the molecule is CCC(C)N(CCOC)CC(C)N. The zero-order valence-electron chi connectivity index (χ0n) is 9.42. The molecule has 0 aliphatic rings. The molecule has 0 aromatic heterocycles. The molecule has 0 aliphatic heterocycles. The van der Waals surface area contributed by atoms with Crippen LogP contribution in [0, 0.1) is 0 Å². The first kappa shape index (κ1) is 12.9. The molecule has 0 aromatic rings. The molecule has 13 heavy (non-hydrogen) atoms. The second-order valence-corrected chi connectivity index (χ2v) is 3.72. The molecule has 0 aliphatic carbocycles. The third kappa shape index (κ3) is 6.02. The minimum Gasteiger partial charge on any atom is -0.383 e. The number of ether oxygens (including phenoxy) is 1. The summed E-state index contributed by atoms with van der Waals surface area (Å²) in [6.07, 6.45) is 1.16. The molecule has 0 saturated heterocycles. The van der Waals surface area contributed by atoms with Gasteiger partial charge in [0, 0.05) is 32.3 Å². The van der Waals surface area contributed by atoms with Crippen LogP contribution in [0.15, 0.2) is 0 Å². The van der Waals surface area contributed by atoms with Crippen molar-refractivity contribution in [3.63, 3.8) is 0 Å². The van der Waals surface area contributed by atoms with Crippen LogP contribution in [0.1, 0.15) is 27.2 Å². The van der Waals surface area contributed by atoms with E-state index in [2.05, 4.69) is 18.7 Å². The molecule has 3 heteroatoms. The van der Waals surface area contributed by atoms with Gasteiger partial charge in [-0.3, -0.25) is 4.90 Å². The summed E-state index contributed by atoms with van der Waals surface area (Å²) >= 11 is 0. The number of nitrogens with zero attached hydrogens (tertiary/aromatic N) is 1. The summed E-state index contributed by atoms with van der Waals surface area (Å²) in [7, 11) is 1.74. The lowest BCUT2D eigenvalue weighted by atomic mass is 10.2. The van der Waals surface area contributed by atoms with Crippen molar-refractivity contribution in [2.24, 2.45) is 5.73 Å². The topological polar surface area (TPSA) is 38.5 Å². The normalized spacial score (nSPS) is 16.2. The van der Waals surface area contributed by atoms with Crippen LogP contribution in [0.2, 0.25) is 0 Å². The van der Waals surface area contributed by atoms with Crippen LogP contribution in [0.5, 0.6) is 0 Å². The minimum absolute atomic E-state index is 0.242. The van der Waals surface area contributed by atoms with Gasteiger partial charge in [-0.25, -0.2) is 0 Å². The van der Waals surface area contributed by atoms with Gasteiger partial charge >= 0.3 is 0 Å². The lowest BCUT2D eigenvalue weighted by Crippen LogP contribution is -2.42. The van der Waals surface area contributed by atoms with E-state index in [0.29, 0.717) is 6.04 Å². The molecule has 0 saturated carbocycles. The zero-order valence-corrected chi connectivity index (χ0v) is 9.42. The molecule has 0 fully saturated rings. The van der Waals surface area contributed by atoms with Crippen molar-refractivity contribution in [1.29, 1.82) is 0 Å². The predicted octanol–water partition coefficient (Wildman–Crippen LogP) is 1.08. The zero-order chi connectivity index (χ0) is 10.3. The van der Waals surface area contributed by atoms with Crippen molar-refractivity contribution in [2.45, 2.75) is 39.3 Å². The maximum Gasteiger partial charge on any atom is 0.0589 e. The van der Waals surface area contributed by atoms with Crippen LogP contribution in [0.3, 0.4) is 0 Å². The van der Waals surface area contributed by atoms with Crippen molar-refractivity contribution in [3.05, 3.63) is 0 Å². The molecule has 2 atom stereocenters. The van der Waals surface area contributed by atoms with Gasteiger partial charge in [0.15, 0.2) is 0 Å². The summed E-state index contributed by atoms with van der Waals surface area (Å²) in [5, 5.41) is 0. The molecule has 0 amide bonds. The fourth-order valence-corrected chi connectivity index (χ4v) is 1.33. The maximum atomic E-state index is 5.78. The van der Waals surface area contributed by atoms with Crippen LogP contribution >= 0.6 is 0 Å². The highest BCUT2D eigenvalue weighted by atomic mass is 16.5. The van der Waals surface area contributed by atoms with Gasteiger partial charge in [-0.15, -0.1) is 0 Å². The molecule has 0 spiro atoms. The lowest BCUT2D eigenvalue weighted by molar-refractivity contribution is 0.119. The molecule has 0 heterocycles. The number of nitrogens with two attached hydrogens (primary N) is 1. The molecule has 0 radical (unpaired) electrons. The van der Waals surface area contributed by atoms with Crippen LogP contribution in [-0.4, -0.2) is 43.8 Å². The van der Waals surface area contributed by atoms with E-state index < -0.39 is 0 Å². The number of methoxy groups -OCH3 is 1. The van der Waals surface area contributed by atoms with Crippen molar-refractivity contribution in [3.8, 4) is 0 Å². The van der Waals surface area contributed by atoms with E-state index in [4.69, 9.17) is 10.5 Å². The van der Waals surface area contributed by atoms with Crippen LogP contribution in [-0.2, 0) is 4.74 Å². The summed E-state index contributed by atoms with van der Waals surface area (Å²) in [5.41, 5.74) is 5.78. The smallest absolute Gasteiger partial charge is 0.0589 e. The number of rotatable bonds is 7. The third-order valence-electron chi connectivity index (χ3n) is 2.32. The van der Waals surface area contributed by atoms with E-state index in [9.17, 15) is 0 Å². The van der Waals surface area contributed by atoms with Crippen molar-refractivity contribution >= 4 is 0 Å². The second kappa shape index (κ2) is 7.30. The largest absolute Gasteiger partial charge is 0.383 e. The van der Waals surface area contributed by atoms with E-state index in [-0.39, 0.29) is 6.04 Å². The summed E-state index contributed by atoms with van der Waals surface area (Å²) in [6.45, 7) is 9.20. The first-order valence-electron chi connectivity index (χ1n) is 5.10. The first-order chi connectivity index (χ1) is 6.11. The Bertz CT molecular complexity index is 117. The lowest BCUT2D eigenvalue weighted by Gasteiger charge is -2.29. The van der Waals surface area contributed by atoms with Crippen molar-refractivity contribution < 1.29 is 4.74 Å². The maximum absolute atomic E-state index is 5.78. The molecule has 0 bridgehead atoms. The second-order valence-electron chi connectivity index (χ2n) is 3.72. The Balaban J connectivity index is 3.87. The molecule has 2 N–H and O–H groups in total. The Morgan fingerprint density at radius 3 is 2.38 bits per heavy atom. The number of hydrogen-bond acceptors (Lipinski definition) is 3. The van der Waals surface area contributed by atoms with Gasteiger partial charge in [-0.1, -0.05) is 6.92 Å². The van der Waals surface area contributed by atoms with E-state index in [1.165, 1.54) is 0 Å². The molecular formula is C10H24N2O. The summed E-state index contributed by atoms with van der Waals surface area (Å²) in [4.78, 5) is 2.38. The Morgan fingerprint density at radius 2 is 2.00 bits per heavy atom. The van der Waals surface area contributed by atoms with E-state index in [1.807, 2.05) is 6.92 Å². The fraction of sp³-hybridized carbons (Fsp3) is 1.00. The molecular weight excluding hydrogens is 164 g/mol. The van der Waals surface area contributed by atoms with Crippen LogP contribution in [0.25, 0.3) is 0 Å². The summed E-state index contributed by atoms with van der Waals surface area (Å²) in [6, 6.07) is 0.840. The average molecular weight is 188 g/mol. The monoisotopic (exact) mass is 188 g/mol. The van der Waals surface area contributed by atoms with Gasteiger partial charge in [-0.05, 0) is 20.3 Å². The first-order valence-corrected chi connectivity index (χ1v) is 5.10. The quantitative estimate of drug-likeness (QED) is 0.650. The van der Waals surface area contributed by atoms with Gasteiger partial charge in [0.1, 0.15) is 0 Å². The fourth-order valence-electron chi connectivity index (χ4n) is 1.33. The predicted molar refractivity (Wildman–Crippen MR) is 56.9 cm³/mol. The molecule has 2 unspecified atom stereocenters. The molecule has 0 aromatic carbocycles. The Morgan fingerprint density at radius 1 is 1.38 bits per heavy atom. The van der Waals surface area contributed by atoms with Crippen molar-refractivity contribution in [2.75, 3.05) is 26.8 Å². The van der Waals surface area contributed by atoms with E-state index in [0.717, 1.165) is 26.1 Å². The van der Waals surface area contributed by atoms with Gasteiger partial charge in [0.2, 0.25) is 0 Å². The number of hydrogen-bond donors (Lipinski definition) is 1. The van der Waals surface area contributed by atoms with Crippen molar-refractivity contribution in [1.82, 2.24) is 4.90 Å². The molecule has 3 nitrogen and oxygen atoms in total. The van der Waals surface area contributed by atoms with Crippen LogP contribution in [0.4, 0.5) is 0 Å². The highest BCUT2D eigenvalue weighted by molar-refractivity contribution is 4.69. The van der Waals surface area contributed by atoms with Crippen LogP contribution < -0.4 is 5.73 Å². The standard InChI is InChI=1S/C10H24N2O/c1-5-10(3)12(6-7-13-4)8-9(2)11/h9-10H,5-8,11H2,1-4H3. The van der Waals surface area contributed by atoms with Gasteiger partial charge in [0.25, 0.3) is 0 Å². The van der Waals surface area contributed by atoms with E-state index in [1.54, 1.807) is 7.11 Å². The van der Waals surface area contributed by atoms with Gasteiger partial charge in [-0.2, -0.15) is 0 Å². The highest BCUT2D eigenvalue weighted by Gasteiger charge is 2.12. The third-order valence-corrected chi connectivity index (χ3v) is 2.32. The Kier molecular flexibility index (Phi) is 7.23. The Hall–Kier alpha value is -0.120. The average Bonchev–Trinajstić information content (AvgIpc) is 2.10. The molecule has 80 valence electrons. The summed E-state index contributed by atoms with van der Waals surface area (Å²) in [5.74, 6) is 0. The van der Waals surface area contributed by atoms with Gasteiger partial charge in [0.05, 0.1) is 6.61 Å². The summed E-state index contributed by atoms with van der Waals surface area (Å²) < 4.78 is 5.07. The highest BCUT2D eigenvalue weighted by Crippen LogP contribution is 2.03.